The van der Waals surface area contributed by atoms with Crippen LogP contribution in [0.3, 0.4) is 0 Å². The Morgan fingerprint density at radius 1 is 1.07 bits per heavy atom. The van der Waals surface area contributed by atoms with Gasteiger partial charge in [-0.1, -0.05) is 35.6 Å². The molecule has 4 N–H and O–H groups in total. The van der Waals surface area contributed by atoms with Gasteiger partial charge in [0.2, 0.25) is 5.91 Å². The first-order valence-corrected chi connectivity index (χ1v) is 9.93. The summed E-state index contributed by atoms with van der Waals surface area (Å²) < 4.78 is 1.07. The van der Waals surface area contributed by atoms with Crippen molar-refractivity contribution < 1.29 is 4.79 Å². The molecule has 0 saturated carbocycles. The minimum Gasteiger partial charge on any atom is -0.375 e. The maximum atomic E-state index is 11.1. The summed E-state index contributed by atoms with van der Waals surface area (Å²) in [4.78, 5) is 24.4. The lowest BCUT2D eigenvalue weighted by molar-refractivity contribution is -0.119. The Labute approximate surface area is 172 Å². The quantitative estimate of drug-likeness (QED) is 0.454. The van der Waals surface area contributed by atoms with Crippen molar-refractivity contribution in [2.75, 3.05) is 11.1 Å². The molecular formula is C21H20N6OS. The number of fused-ring (bicyclic) bond motifs is 1. The molecule has 29 heavy (non-hydrogen) atoms. The lowest BCUT2D eigenvalue weighted by Crippen LogP contribution is -2.18. The lowest BCUT2D eigenvalue weighted by Gasteiger charge is -2.09. The number of hydrogen-bond donors (Lipinski definition) is 3. The molecule has 0 spiro atoms. The molecule has 2 heterocycles. The zero-order chi connectivity index (χ0) is 20.2. The molecule has 4 aromatic rings. The van der Waals surface area contributed by atoms with Crippen molar-refractivity contribution in [3.8, 4) is 11.3 Å². The first-order valence-electron chi connectivity index (χ1n) is 9.11. The number of rotatable bonds is 6. The van der Waals surface area contributed by atoms with E-state index in [0.717, 1.165) is 32.6 Å². The summed E-state index contributed by atoms with van der Waals surface area (Å²) in [5.41, 5.74) is 10.5. The minimum absolute atomic E-state index is 0.0550. The largest absolute Gasteiger partial charge is 0.375 e. The highest BCUT2D eigenvalue weighted by molar-refractivity contribution is 7.22. The average molecular weight is 404 g/mol. The van der Waals surface area contributed by atoms with Gasteiger partial charge in [0.15, 0.2) is 5.13 Å². The summed E-state index contributed by atoms with van der Waals surface area (Å²) in [6.45, 7) is 2.61. The highest BCUT2D eigenvalue weighted by atomic mass is 32.1. The summed E-state index contributed by atoms with van der Waals surface area (Å²) in [6, 6.07) is 14.0. The van der Waals surface area contributed by atoms with Crippen LogP contribution in [-0.4, -0.2) is 20.9 Å². The topological polar surface area (TPSA) is 106 Å². The molecule has 146 valence electrons. The van der Waals surface area contributed by atoms with Gasteiger partial charge in [-0.2, -0.15) is 0 Å². The molecule has 0 fully saturated rings. The Balaban J connectivity index is 1.48. The second kappa shape index (κ2) is 8.24. The molecule has 0 aliphatic rings. The number of nitrogens with one attached hydrogen (secondary N) is 2. The third-order valence-electron chi connectivity index (χ3n) is 4.34. The van der Waals surface area contributed by atoms with Crippen molar-refractivity contribution in [3.05, 3.63) is 66.0 Å². The van der Waals surface area contributed by atoms with Crippen LogP contribution in [0, 0.1) is 0 Å². The van der Waals surface area contributed by atoms with Crippen molar-refractivity contribution in [3.63, 3.8) is 0 Å². The van der Waals surface area contributed by atoms with E-state index in [1.54, 1.807) is 12.4 Å². The van der Waals surface area contributed by atoms with E-state index < -0.39 is 0 Å². The average Bonchev–Trinajstić information content (AvgIpc) is 3.10. The molecule has 0 unspecified atom stereocenters. The fraction of sp³-hybridized carbons (Fsp3) is 0.143. The lowest BCUT2D eigenvalue weighted by atomic mass is 10.1. The van der Waals surface area contributed by atoms with E-state index in [1.807, 2.05) is 36.4 Å². The van der Waals surface area contributed by atoms with Crippen LogP contribution in [0.4, 0.5) is 10.9 Å². The molecule has 0 aliphatic heterocycles. The molecule has 0 aliphatic carbocycles. The van der Waals surface area contributed by atoms with Gasteiger partial charge in [-0.3, -0.25) is 9.78 Å². The van der Waals surface area contributed by atoms with Crippen molar-refractivity contribution in [1.82, 2.24) is 20.3 Å². The van der Waals surface area contributed by atoms with Gasteiger partial charge in [-0.15, -0.1) is 0 Å². The van der Waals surface area contributed by atoms with Gasteiger partial charge in [-0.25, -0.2) is 9.97 Å². The van der Waals surface area contributed by atoms with Crippen LogP contribution in [0.2, 0.25) is 0 Å². The van der Waals surface area contributed by atoms with Crippen LogP contribution in [0.25, 0.3) is 21.5 Å². The van der Waals surface area contributed by atoms with Crippen LogP contribution in [-0.2, 0) is 17.9 Å². The normalized spacial score (nSPS) is 10.8. The third-order valence-corrected chi connectivity index (χ3v) is 5.19. The van der Waals surface area contributed by atoms with Gasteiger partial charge in [0.25, 0.3) is 0 Å². The maximum absolute atomic E-state index is 11.1. The number of benzene rings is 2. The first-order chi connectivity index (χ1) is 14.1. The van der Waals surface area contributed by atoms with Crippen LogP contribution in [0.15, 0.2) is 54.9 Å². The Morgan fingerprint density at radius 2 is 1.93 bits per heavy atom. The van der Waals surface area contributed by atoms with Crippen LogP contribution >= 0.6 is 11.3 Å². The number of nitrogens with two attached hydrogens (primary N) is 1. The second-order valence-electron chi connectivity index (χ2n) is 6.61. The zero-order valence-electron chi connectivity index (χ0n) is 15.8. The van der Waals surface area contributed by atoms with Gasteiger partial charge < -0.3 is 16.4 Å². The number of nitrogens with zero attached hydrogens (tertiary/aromatic N) is 3. The monoisotopic (exact) mass is 404 g/mol. The van der Waals surface area contributed by atoms with E-state index in [2.05, 4.69) is 31.7 Å². The number of aromatic nitrogens is 3. The highest BCUT2D eigenvalue weighted by Gasteiger charge is 2.06. The van der Waals surface area contributed by atoms with Gasteiger partial charge in [-0.05, 0) is 29.3 Å². The summed E-state index contributed by atoms with van der Waals surface area (Å²) in [6.07, 6.45) is 3.43. The van der Waals surface area contributed by atoms with Crippen LogP contribution in [0.5, 0.6) is 0 Å². The third kappa shape index (κ3) is 4.67. The van der Waals surface area contributed by atoms with Gasteiger partial charge in [0.1, 0.15) is 5.82 Å². The van der Waals surface area contributed by atoms with Crippen molar-refractivity contribution >= 4 is 38.4 Å². The molecule has 0 bridgehead atoms. The van der Waals surface area contributed by atoms with Crippen molar-refractivity contribution in [1.29, 1.82) is 0 Å². The van der Waals surface area contributed by atoms with Crippen LogP contribution in [0.1, 0.15) is 18.1 Å². The minimum atomic E-state index is -0.0550. The maximum Gasteiger partial charge on any atom is 0.217 e. The van der Waals surface area contributed by atoms with E-state index >= 15 is 0 Å². The molecule has 0 atom stereocenters. The Bertz CT molecular complexity index is 1170. The molecule has 7 nitrogen and oxygen atoms in total. The standard InChI is InChI=1S/C21H20N6OS/c1-13(28)24-9-14-3-2-4-16(7-14)18-11-23-12-20(26-18)25-10-15-5-6-17-19(8-15)29-21(22)27-17/h2-8,11-12H,9-10H2,1H3,(H2,22,27)(H,24,28)(H,25,26). The summed E-state index contributed by atoms with van der Waals surface area (Å²) in [5, 5.41) is 6.70. The summed E-state index contributed by atoms with van der Waals surface area (Å²) >= 11 is 1.48. The molecule has 0 saturated heterocycles. The number of carbonyl (C=O) groups is 1. The number of nitrogen functional groups attached to an aromatic ring is 1. The summed E-state index contributed by atoms with van der Waals surface area (Å²) in [7, 11) is 0. The predicted octanol–water partition coefficient (Wildman–Crippen LogP) is 3.58. The fourth-order valence-corrected chi connectivity index (χ4v) is 3.74. The Kier molecular flexibility index (Phi) is 5.35. The summed E-state index contributed by atoms with van der Waals surface area (Å²) in [5.74, 6) is 0.638. The zero-order valence-corrected chi connectivity index (χ0v) is 16.7. The smallest absolute Gasteiger partial charge is 0.217 e. The van der Waals surface area contributed by atoms with E-state index in [1.165, 1.54) is 18.3 Å². The molecular weight excluding hydrogens is 384 g/mol. The highest BCUT2D eigenvalue weighted by Crippen LogP contribution is 2.25. The second-order valence-corrected chi connectivity index (χ2v) is 7.67. The van der Waals surface area contributed by atoms with E-state index in [4.69, 9.17) is 5.73 Å². The van der Waals surface area contributed by atoms with Crippen LogP contribution < -0.4 is 16.4 Å². The SMILES string of the molecule is CC(=O)NCc1cccc(-c2cncc(NCc3ccc4nc(N)sc4c3)n2)c1. The van der Waals surface area contributed by atoms with Crippen molar-refractivity contribution in [2.45, 2.75) is 20.0 Å². The van der Waals surface area contributed by atoms with E-state index in [0.29, 0.717) is 24.0 Å². The predicted molar refractivity (Wildman–Crippen MR) is 116 cm³/mol. The molecule has 2 aromatic heterocycles. The number of hydrogen-bond acceptors (Lipinski definition) is 7. The first kappa shape index (κ1) is 18.8. The van der Waals surface area contributed by atoms with Crippen molar-refractivity contribution in [2.24, 2.45) is 0 Å². The molecule has 8 heteroatoms. The number of amides is 1. The molecule has 4 rings (SSSR count). The van der Waals surface area contributed by atoms with Gasteiger partial charge >= 0.3 is 0 Å². The molecule has 0 radical (unpaired) electrons. The van der Waals surface area contributed by atoms with Gasteiger partial charge in [0, 0.05) is 25.6 Å². The molecule has 1 amide bonds. The number of carbonyl (C=O) groups excluding carboxylic acids is 1. The Hall–Kier alpha value is -3.52. The van der Waals surface area contributed by atoms with Gasteiger partial charge in [0.05, 0.1) is 28.3 Å². The van der Waals surface area contributed by atoms with E-state index in [-0.39, 0.29) is 5.91 Å². The fourth-order valence-electron chi connectivity index (χ4n) is 2.95. The number of thiazole rings is 1. The molecule has 2 aromatic carbocycles. The Morgan fingerprint density at radius 3 is 2.79 bits per heavy atom. The van der Waals surface area contributed by atoms with E-state index in [9.17, 15) is 4.79 Å². The number of anilines is 2.